The van der Waals surface area contributed by atoms with Gasteiger partial charge >= 0.3 is 0 Å². The van der Waals surface area contributed by atoms with Crippen LogP contribution < -0.4 is 9.62 Å². The molecule has 0 radical (unpaired) electrons. The fourth-order valence-electron chi connectivity index (χ4n) is 3.37. The van der Waals surface area contributed by atoms with Crippen molar-refractivity contribution in [2.24, 2.45) is 0 Å². The van der Waals surface area contributed by atoms with Gasteiger partial charge in [-0.25, -0.2) is 8.42 Å². The molecule has 6 heteroatoms. The van der Waals surface area contributed by atoms with Gasteiger partial charge in [0.05, 0.1) is 18.0 Å². The van der Waals surface area contributed by atoms with Crippen LogP contribution in [0, 0.1) is 6.92 Å². The summed E-state index contributed by atoms with van der Waals surface area (Å²) in [5, 5.41) is 3.11. The maximum atomic E-state index is 13.0. The number of anilines is 1. The highest BCUT2D eigenvalue weighted by atomic mass is 32.2. The van der Waals surface area contributed by atoms with Crippen molar-refractivity contribution in [3.05, 3.63) is 101 Å². The summed E-state index contributed by atoms with van der Waals surface area (Å²) in [4.78, 5) is 13.0. The normalized spacial score (nSPS) is 12.2. The molecule has 1 atom stereocenters. The quantitative estimate of drug-likeness (QED) is 0.617. The molecular formula is C24H26N2O3S. The van der Waals surface area contributed by atoms with E-state index in [1.165, 1.54) is 10.6 Å². The van der Waals surface area contributed by atoms with Crippen molar-refractivity contribution in [3.8, 4) is 0 Å². The van der Waals surface area contributed by atoms with Crippen LogP contribution in [0.2, 0.25) is 0 Å². The molecule has 156 valence electrons. The van der Waals surface area contributed by atoms with Crippen LogP contribution in [0.1, 0.15) is 40.0 Å². The van der Waals surface area contributed by atoms with Crippen LogP contribution >= 0.6 is 0 Å². The number of carbonyl (C=O) groups is 1. The number of aryl methyl sites for hydroxylation is 1. The van der Waals surface area contributed by atoms with Gasteiger partial charge in [0, 0.05) is 12.1 Å². The third kappa shape index (κ3) is 5.07. The zero-order valence-electron chi connectivity index (χ0n) is 17.4. The molecule has 30 heavy (non-hydrogen) atoms. The fourth-order valence-corrected chi connectivity index (χ4v) is 4.34. The van der Waals surface area contributed by atoms with Crippen molar-refractivity contribution >= 4 is 21.6 Å². The van der Waals surface area contributed by atoms with Crippen LogP contribution in [0.3, 0.4) is 0 Å². The lowest BCUT2D eigenvalue weighted by atomic mass is 9.97. The van der Waals surface area contributed by atoms with Gasteiger partial charge in [-0.2, -0.15) is 0 Å². The maximum Gasteiger partial charge on any atom is 0.252 e. The molecule has 0 bridgehead atoms. The Labute approximate surface area is 178 Å². The van der Waals surface area contributed by atoms with Crippen molar-refractivity contribution < 1.29 is 13.2 Å². The molecule has 0 aliphatic rings. The number of rotatable bonds is 7. The van der Waals surface area contributed by atoms with Crippen LogP contribution in [0.15, 0.2) is 78.9 Å². The van der Waals surface area contributed by atoms with Crippen LogP contribution in [0.5, 0.6) is 0 Å². The smallest absolute Gasteiger partial charge is 0.252 e. The van der Waals surface area contributed by atoms with Gasteiger partial charge in [-0.1, -0.05) is 60.2 Å². The molecule has 0 aliphatic heterocycles. The van der Waals surface area contributed by atoms with Crippen molar-refractivity contribution in [2.75, 3.05) is 17.1 Å². The number of nitrogens with zero attached hydrogens (tertiary/aromatic N) is 1. The molecule has 0 fully saturated rings. The van der Waals surface area contributed by atoms with Crippen LogP contribution in [-0.2, 0) is 10.0 Å². The minimum atomic E-state index is -3.36. The summed E-state index contributed by atoms with van der Waals surface area (Å²) in [7, 11) is -3.36. The number of hydrogen-bond acceptors (Lipinski definition) is 3. The molecular weight excluding hydrogens is 396 g/mol. The van der Waals surface area contributed by atoms with E-state index in [-0.39, 0.29) is 11.9 Å². The molecule has 3 rings (SSSR count). The number of carbonyl (C=O) groups excluding carboxylic acids is 1. The Morgan fingerprint density at radius 2 is 1.47 bits per heavy atom. The minimum Gasteiger partial charge on any atom is -0.341 e. The monoisotopic (exact) mass is 422 g/mol. The maximum absolute atomic E-state index is 13.0. The summed E-state index contributed by atoms with van der Waals surface area (Å²) in [6.45, 7) is 4.12. The van der Waals surface area contributed by atoms with E-state index in [0.717, 1.165) is 16.7 Å². The molecule has 0 heterocycles. The Balaban J connectivity index is 1.86. The molecule has 0 aromatic heterocycles. The minimum absolute atomic E-state index is 0.224. The summed E-state index contributed by atoms with van der Waals surface area (Å²) < 4.78 is 25.1. The van der Waals surface area contributed by atoms with E-state index in [1.807, 2.05) is 61.5 Å². The Morgan fingerprint density at radius 3 is 2.00 bits per heavy atom. The average Bonchev–Trinajstić information content (AvgIpc) is 2.73. The number of nitrogens with one attached hydrogen (secondary N) is 1. The zero-order chi connectivity index (χ0) is 21.7. The highest BCUT2D eigenvalue weighted by Crippen LogP contribution is 2.24. The van der Waals surface area contributed by atoms with Crippen molar-refractivity contribution in [2.45, 2.75) is 19.9 Å². The highest BCUT2D eigenvalue weighted by Gasteiger charge is 2.19. The number of amides is 1. The average molecular weight is 423 g/mol. The lowest BCUT2D eigenvalue weighted by Crippen LogP contribution is -2.30. The summed E-state index contributed by atoms with van der Waals surface area (Å²) in [6.07, 6.45) is 1.17. The Hall–Kier alpha value is -3.12. The van der Waals surface area contributed by atoms with Gasteiger partial charge in [0.25, 0.3) is 5.91 Å². The van der Waals surface area contributed by atoms with E-state index in [4.69, 9.17) is 0 Å². The first-order valence-electron chi connectivity index (χ1n) is 9.79. The van der Waals surface area contributed by atoms with Crippen molar-refractivity contribution in [1.82, 2.24) is 5.32 Å². The molecule has 3 aromatic rings. The zero-order valence-corrected chi connectivity index (χ0v) is 18.2. The van der Waals surface area contributed by atoms with E-state index in [0.29, 0.717) is 17.8 Å². The van der Waals surface area contributed by atoms with E-state index < -0.39 is 10.0 Å². The van der Waals surface area contributed by atoms with Crippen molar-refractivity contribution in [3.63, 3.8) is 0 Å². The molecule has 0 saturated carbocycles. The number of hydrogen-bond donors (Lipinski definition) is 1. The van der Waals surface area contributed by atoms with Crippen LogP contribution in [-0.4, -0.2) is 27.1 Å². The first kappa shape index (κ1) is 21.6. The second-order valence-electron chi connectivity index (χ2n) is 7.20. The molecule has 0 saturated heterocycles. The predicted molar refractivity (Wildman–Crippen MR) is 121 cm³/mol. The van der Waals surface area contributed by atoms with Gasteiger partial charge < -0.3 is 5.32 Å². The Morgan fingerprint density at radius 1 is 0.900 bits per heavy atom. The van der Waals surface area contributed by atoms with E-state index >= 15 is 0 Å². The first-order chi connectivity index (χ1) is 14.3. The third-order valence-corrected chi connectivity index (χ3v) is 6.19. The Kier molecular flexibility index (Phi) is 6.57. The molecule has 3 aromatic carbocycles. The lowest BCUT2D eigenvalue weighted by molar-refractivity contribution is 0.0943. The third-order valence-electron chi connectivity index (χ3n) is 4.92. The molecule has 1 N–H and O–H groups in total. The molecule has 0 aliphatic carbocycles. The fraction of sp³-hybridized carbons (Fsp3) is 0.208. The van der Waals surface area contributed by atoms with Crippen LogP contribution in [0.4, 0.5) is 5.69 Å². The molecule has 0 unspecified atom stereocenters. The van der Waals surface area contributed by atoms with E-state index in [1.54, 1.807) is 31.2 Å². The highest BCUT2D eigenvalue weighted by molar-refractivity contribution is 7.92. The summed E-state index contributed by atoms with van der Waals surface area (Å²) in [5.41, 5.74) is 4.14. The van der Waals surface area contributed by atoms with Gasteiger partial charge in [0.1, 0.15) is 0 Å². The summed E-state index contributed by atoms with van der Waals surface area (Å²) in [6, 6.07) is 24.2. The van der Waals surface area contributed by atoms with Gasteiger partial charge in [-0.15, -0.1) is 0 Å². The van der Waals surface area contributed by atoms with Gasteiger partial charge in [-0.05, 0) is 49.2 Å². The molecule has 5 nitrogen and oxygen atoms in total. The van der Waals surface area contributed by atoms with Crippen molar-refractivity contribution in [1.29, 1.82) is 0 Å². The van der Waals surface area contributed by atoms with Gasteiger partial charge in [0.15, 0.2) is 0 Å². The lowest BCUT2D eigenvalue weighted by Gasteiger charge is -2.22. The predicted octanol–water partition coefficient (Wildman–Crippen LogP) is 4.30. The first-order valence-corrected chi connectivity index (χ1v) is 11.6. The topological polar surface area (TPSA) is 66.5 Å². The summed E-state index contributed by atoms with van der Waals surface area (Å²) >= 11 is 0. The standard InChI is InChI=1S/C24H26N2O3S/c1-4-26(30(3,28)29)22-16-14-21(15-17-22)24(27)25-23(19-8-6-5-7-9-19)20-12-10-18(2)11-13-20/h5-17,23H,4H2,1-3H3,(H,25,27)/t23-/m0/s1. The second kappa shape index (κ2) is 9.13. The van der Waals surface area contributed by atoms with Gasteiger partial charge in [-0.3, -0.25) is 9.10 Å². The van der Waals surface area contributed by atoms with E-state index in [9.17, 15) is 13.2 Å². The molecule has 0 spiro atoms. The number of sulfonamides is 1. The Bertz CT molecular complexity index is 1090. The second-order valence-corrected chi connectivity index (χ2v) is 9.11. The van der Waals surface area contributed by atoms with Gasteiger partial charge in [0.2, 0.25) is 10.0 Å². The van der Waals surface area contributed by atoms with E-state index in [2.05, 4.69) is 5.32 Å². The largest absolute Gasteiger partial charge is 0.341 e. The SMILES string of the molecule is CCN(c1ccc(C(=O)N[C@@H](c2ccccc2)c2ccc(C)cc2)cc1)S(C)(=O)=O. The van der Waals surface area contributed by atoms with Crippen LogP contribution in [0.25, 0.3) is 0 Å². The number of benzene rings is 3. The molecule has 1 amide bonds. The summed E-state index contributed by atoms with van der Waals surface area (Å²) in [5.74, 6) is -0.224.